The third-order valence-corrected chi connectivity index (χ3v) is 4.62. The molecule has 2 aromatic rings. The maximum atomic E-state index is 12.8. The van der Waals surface area contributed by atoms with Crippen LogP contribution >= 0.6 is 0 Å². The summed E-state index contributed by atoms with van der Waals surface area (Å²) in [5.74, 6) is -0.361. The van der Waals surface area contributed by atoms with Gasteiger partial charge in [-0.25, -0.2) is 0 Å². The van der Waals surface area contributed by atoms with Gasteiger partial charge in [0, 0.05) is 44.1 Å². The summed E-state index contributed by atoms with van der Waals surface area (Å²) in [5, 5.41) is 0. The van der Waals surface area contributed by atoms with Gasteiger partial charge in [0.05, 0.1) is 5.56 Å². The Bertz CT molecular complexity index is 884. The van der Waals surface area contributed by atoms with Crippen molar-refractivity contribution in [3.63, 3.8) is 0 Å². The standard InChI is InChI=1S/C19H20F3N3O2/c1-14-3-2-4-16(11-14)23-7-9-24(10-8-23)18(27)13-25-12-15(19(20,21)22)5-6-17(25)26/h2-6,11-12H,7-10,13H2,1H3. The van der Waals surface area contributed by atoms with E-state index in [9.17, 15) is 22.8 Å². The van der Waals surface area contributed by atoms with Crippen LogP contribution in [0.4, 0.5) is 18.9 Å². The van der Waals surface area contributed by atoms with Gasteiger partial charge in [0.1, 0.15) is 6.54 Å². The van der Waals surface area contributed by atoms with Crippen LogP contribution in [-0.2, 0) is 17.5 Å². The molecule has 1 aromatic heterocycles. The van der Waals surface area contributed by atoms with E-state index in [1.807, 2.05) is 25.1 Å². The van der Waals surface area contributed by atoms with Gasteiger partial charge in [-0.05, 0) is 30.7 Å². The van der Waals surface area contributed by atoms with E-state index in [0.717, 1.165) is 28.0 Å². The predicted octanol–water partition coefficient (Wildman–Crippen LogP) is 2.52. The second-order valence-corrected chi connectivity index (χ2v) is 6.59. The number of hydrogen-bond acceptors (Lipinski definition) is 3. The largest absolute Gasteiger partial charge is 0.417 e. The summed E-state index contributed by atoms with van der Waals surface area (Å²) in [4.78, 5) is 28.0. The molecule has 0 N–H and O–H groups in total. The number of aryl methyl sites for hydroxylation is 1. The third-order valence-electron chi connectivity index (χ3n) is 4.62. The Kier molecular flexibility index (Phi) is 5.25. The average molecular weight is 379 g/mol. The van der Waals surface area contributed by atoms with Gasteiger partial charge in [0.25, 0.3) is 5.56 Å². The van der Waals surface area contributed by atoms with E-state index in [-0.39, 0.29) is 5.91 Å². The van der Waals surface area contributed by atoms with Crippen molar-refractivity contribution in [2.45, 2.75) is 19.6 Å². The summed E-state index contributed by atoms with van der Waals surface area (Å²) in [7, 11) is 0. The Morgan fingerprint density at radius 3 is 2.41 bits per heavy atom. The number of hydrogen-bond donors (Lipinski definition) is 0. The summed E-state index contributed by atoms with van der Waals surface area (Å²) < 4.78 is 39.2. The first-order chi connectivity index (χ1) is 12.7. The number of halogens is 3. The molecule has 27 heavy (non-hydrogen) atoms. The highest BCUT2D eigenvalue weighted by Crippen LogP contribution is 2.28. The lowest BCUT2D eigenvalue weighted by molar-refractivity contribution is -0.138. The normalized spacial score (nSPS) is 15.1. The molecule has 8 heteroatoms. The molecule has 0 atom stereocenters. The molecule has 1 aromatic carbocycles. The zero-order valence-electron chi connectivity index (χ0n) is 14.9. The Morgan fingerprint density at radius 2 is 1.78 bits per heavy atom. The van der Waals surface area contributed by atoms with Crippen LogP contribution in [0.25, 0.3) is 0 Å². The van der Waals surface area contributed by atoms with Crippen molar-refractivity contribution in [3.8, 4) is 0 Å². The summed E-state index contributed by atoms with van der Waals surface area (Å²) in [6.45, 7) is 3.80. The highest BCUT2D eigenvalue weighted by atomic mass is 19.4. The summed E-state index contributed by atoms with van der Waals surface area (Å²) in [5.41, 5.74) is 0.653. The van der Waals surface area contributed by atoms with Crippen molar-refractivity contribution >= 4 is 11.6 Å². The molecular formula is C19H20F3N3O2. The zero-order valence-corrected chi connectivity index (χ0v) is 14.9. The maximum absolute atomic E-state index is 12.8. The Hall–Kier alpha value is -2.77. The lowest BCUT2D eigenvalue weighted by Crippen LogP contribution is -2.50. The highest BCUT2D eigenvalue weighted by molar-refractivity contribution is 5.76. The molecule has 144 valence electrons. The van der Waals surface area contributed by atoms with E-state index in [4.69, 9.17) is 0 Å². The van der Waals surface area contributed by atoms with Crippen LogP contribution in [0.1, 0.15) is 11.1 Å². The van der Waals surface area contributed by atoms with Gasteiger partial charge in [-0.15, -0.1) is 0 Å². The molecule has 0 bridgehead atoms. The van der Waals surface area contributed by atoms with E-state index < -0.39 is 23.8 Å². The number of pyridine rings is 1. The molecule has 1 aliphatic rings. The first-order valence-corrected chi connectivity index (χ1v) is 8.61. The van der Waals surface area contributed by atoms with Crippen molar-refractivity contribution in [1.82, 2.24) is 9.47 Å². The van der Waals surface area contributed by atoms with Gasteiger partial charge < -0.3 is 14.4 Å². The molecule has 0 unspecified atom stereocenters. The molecule has 5 nitrogen and oxygen atoms in total. The van der Waals surface area contributed by atoms with Crippen LogP contribution < -0.4 is 10.5 Å². The molecule has 1 saturated heterocycles. The van der Waals surface area contributed by atoms with E-state index in [1.165, 1.54) is 0 Å². The number of carbonyl (C=O) groups excluding carboxylic acids is 1. The fourth-order valence-electron chi connectivity index (χ4n) is 3.11. The number of benzene rings is 1. The minimum atomic E-state index is -4.56. The topological polar surface area (TPSA) is 45.5 Å². The van der Waals surface area contributed by atoms with Crippen LogP contribution in [0.15, 0.2) is 47.4 Å². The average Bonchev–Trinajstić information content (AvgIpc) is 2.62. The number of nitrogens with zero attached hydrogens (tertiary/aromatic N) is 3. The molecule has 0 spiro atoms. The number of alkyl halides is 3. The van der Waals surface area contributed by atoms with Crippen molar-refractivity contribution < 1.29 is 18.0 Å². The smallest absolute Gasteiger partial charge is 0.368 e. The lowest BCUT2D eigenvalue weighted by atomic mass is 10.2. The number of rotatable bonds is 3. The van der Waals surface area contributed by atoms with Crippen LogP contribution in [0.5, 0.6) is 0 Å². The fourth-order valence-corrected chi connectivity index (χ4v) is 3.11. The number of aromatic nitrogens is 1. The minimum Gasteiger partial charge on any atom is -0.368 e. The monoisotopic (exact) mass is 379 g/mol. The van der Waals surface area contributed by atoms with Gasteiger partial charge >= 0.3 is 6.18 Å². The van der Waals surface area contributed by atoms with E-state index in [1.54, 1.807) is 4.90 Å². The van der Waals surface area contributed by atoms with E-state index in [0.29, 0.717) is 32.4 Å². The number of carbonyl (C=O) groups is 1. The Labute approximate surface area is 154 Å². The second-order valence-electron chi connectivity index (χ2n) is 6.59. The van der Waals surface area contributed by atoms with Crippen molar-refractivity contribution in [2.24, 2.45) is 0 Å². The molecule has 3 rings (SSSR count). The van der Waals surface area contributed by atoms with Gasteiger partial charge in [-0.3, -0.25) is 9.59 Å². The molecule has 1 fully saturated rings. The summed E-state index contributed by atoms with van der Waals surface area (Å²) >= 11 is 0. The second kappa shape index (κ2) is 7.46. The van der Waals surface area contributed by atoms with Crippen molar-refractivity contribution in [2.75, 3.05) is 31.1 Å². The molecule has 0 radical (unpaired) electrons. The number of piperazine rings is 1. The number of anilines is 1. The summed E-state index contributed by atoms with van der Waals surface area (Å²) in [6.07, 6.45) is -3.86. The summed E-state index contributed by atoms with van der Waals surface area (Å²) in [6, 6.07) is 9.63. The molecule has 1 aliphatic heterocycles. The first kappa shape index (κ1) is 19.0. The van der Waals surface area contributed by atoms with Crippen molar-refractivity contribution in [3.05, 3.63) is 64.1 Å². The van der Waals surface area contributed by atoms with Gasteiger partial charge in [-0.1, -0.05) is 12.1 Å². The molecule has 0 saturated carbocycles. The highest BCUT2D eigenvalue weighted by Gasteiger charge is 2.31. The zero-order chi connectivity index (χ0) is 19.6. The third kappa shape index (κ3) is 4.50. The van der Waals surface area contributed by atoms with Gasteiger partial charge in [0.15, 0.2) is 0 Å². The van der Waals surface area contributed by atoms with Gasteiger partial charge in [0.2, 0.25) is 5.91 Å². The predicted molar refractivity (Wildman–Crippen MR) is 95.7 cm³/mol. The maximum Gasteiger partial charge on any atom is 0.417 e. The first-order valence-electron chi connectivity index (χ1n) is 8.61. The molecule has 2 heterocycles. The van der Waals surface area contributed by atoms with E-state index in [2.05, 4.69) is 11.0 Å². The van der Waals surface area contributed by atoms with Gasteiger partial charge in [-0.2, -0.15) is 13.2 Å². The molecular weight excluding hydrogens is 359 g/mol. The van der Waals surface area contributed by atoms with Crippen LogP contribution in [0.2, 0.25) is 0 Å². The van der Waals surface area contributed by atoms with Crippen LogP contribution in [0, 0.1) is 6.92 Å². The Balaban J connectivity index is 1.64. The van der Waals surface area contributed by atoms with Crippen LogP contribution in [-0.4, -0.2) is 41.6 Å². The SMILES string of the molecule is Cc1cccc(N2CCN(C(=O)Cn3cc(C(F)(F)F)ccc3=O)CC2)c1. The number of amides is 1. The van der Waals surface area contributed by atoms with E-state index >= 15 is 0 Å². The Morgan fingerprint density at radius 1 is 1.07 bits per heavy atom. The lowest BCUT2D eigenvalue weighted by Gasteiger charge is -2.36. The van der Waals surface area contributed by atoms with Crippen LogP contribution in [0.3, 0.4) is 0 Å². The minimum absolute atomic E-state index is 0.361. The quantitative estimate of drug-likeness (QED) is 0.823. The fraction of sp³-hybridized carbons (Fsp3) is 0.368. The van der Waals surface area contributed by atoms with Crippen molar-refractivity contribution in [1.29, 1.82) is 0 Å². The molecule has 1 amide bonds. The molecule has 0 aliphatic carbocycles.